The smallest absolute Gasteiger partial charge is 0.462 e. The number of hydrogen-bond acceptors (Lipinski definition) is 15. The Morgan fingerprint density at radius 1 is 0.283 bits per heavy atom. The van der Waals surface area contributed by atoms with Gasteiger partial charge in [0.25, 0.3) is 0 Å². The lowest BCUT2D eigenvalue weighted by Crippen LogP contribution is -2.30. The molecular formula is C87H138O17P2. The van der Waals surface area contributed by atoms with Crippen molar-refractivity contribution < 1.29 is 80.2 Å². The number of aliphatic hydroxyl groups excluding tert-OH is 1. The standard InChI is InChI=1S/C87H138O17P2/c1-5-9-13-17-21-25-29-33-37-39-40-42-46-48-52-56-60-64-68-72-85(90)98-78-83(104-87(92)74-70-66-62-58-54-50-44-36-32-28-24-20-16-12-8-4)80-102-106(95,96)100-76-81(88)75-99-105(93,94)101-79-82(103-86(91)73-69-65-61-57-53-49-43-35-31-27-23-19-15-11-7-3)77-97-84(89)71-67-63-59-55-51-47-45-41-38-34-30-26-22-18-14-10-6-2/h9-10,12-14,16,21-28,33-38,40,42-45,47-48,52,54,58,66,70,81-83,88H,5-8,11,15,17-20,29-32,39,41,46,49-51,53,55-57,59-65,67-69,71-80H2,1-4H3,(H,93,94)(H,95,96)/b13-9-,14-10-,16-12-,25-21-,26-22-,27-23-,28-24-,37-33-,38-34-,42-40-,43-35-,44-36-,47-45-,52-48-,58-54-,70-66-. The van der Waals surface area contributed by atoms with E-state index in [9.17, 15) is 43.2 Å². The highest BCUT2D eigenvalue weighted by molar-refractivity contribution is 7.47. The molecular weight excluding hydrogens is 1380 g/mol. The Morgan fingerprint density at radius 2 is 0.528 bits per heavy atom. The van der Waals surface area contributed by atoms with Crippen molar-refractivity contribution in [3.63, 3.8) is 0 Å². The van der Waals surface area contributed by atoms with Gasteiger partial charge in [0.1, 0.15) is 19.3 Å². The number of allylic oxidation sites excluding steroid dienone is 31. The molecule has 0 saturated heterocycles. The van der Waals surface area contributed by atoms with E-state index in [0.29, 0.717) is 25.7 Å². The molecule has 0 aromatic rings. The fourth-order valence-electron chi connectivity index (χ4n) is 9.64. The minimum absolute atomic E-state index is 0.0626. The molecule has 0 aliphatic carbocycles. The molecule has 106 heavy (non-hydrogen) atoms. The molecule has 0 aliphatic heterocycles. The predicted octanol–water partition coefficient (Wildman–Crippen LogP) is 23.3. The average Bonchev–Trinajstić information content (AvgIpc) is 0.909. The first kappa shape index (κ1) is 99.9. The number of ether oxygens (including phenoxy) is 4. The Bertz CT molecular complexity index is 2780. The van der Waals surface area contributed by atoms with Crippen LogP contribution in [0.3, 0.4) is 0 Å². The first-order chi connectivity index (χ1) is 51.7. The normalized spacial score (nSPS) is 14.9. The number of hydrogen-bond donors (Lipinski definition) is 3. The number of esters is 4. The van der Waals surface area contributed by atoms with Crippen LogP contribution >= 0.6 is 15.6 Å². The molecule has 0 aromatic heterocycles. The van der Waals surface area contributed by atoms with Gasteiger partial charge in [-0.25, -0.2) is 9.13 Å². The maximum atomic E-state index is 13.1. The fourth-order valence-corrected chi connectivity index (χ4v) is 11.2. The monoisotopic (exact) mass is 1520 g/mol. The number of phosphoric acid groups is 2. The van der Waals surface area contributed by atoms with Crippen LogP contribution in [-0.4, -0.2) is 96.7 Å². The van der Waals surface area contributed by atoms with Crippen molar-refractivity contribution in [2.24, 2.45) is 0 Å². The maximum Gasteiger partial charge on any atom is 0.472 e. The topological polar surface area (TPSA) is 237 Å². The predicted molar refractivity (Wildman–Crippen MR) is 436 cm³/mol. The third-order valence-corrected chi connectivity index (χ3v) is 17.5. The largest absolute Gasteiger partial charge is 0.472 e. The summed E-state index contributed by atoms with van der Waals surface area (Å²) in [5.74, 6) is -2.42. The van der Waals surface area contributed by atoms with Gasteiger partial charge in [0.15, 0.2) is 12.2 Å². The number of aliphatic hydroxyl groups is 1. The van der Waals surface area contributed by atoms with Crippen LogP contribution in [-0.2, 0) is 65.4 Å². The number of carbonyl (C=O) groups excluding carboxylic acids is 4. The van der Waals surface area contributed by atoms with Crippen LogP contribution in [0.4, 0.5) is 0 Å². The fraction of sp³-hybridized carbons (Fsp3) is 0.586. The minimum atomic E-state index is -5.02. The SMILES string of the molecule is CC/C=C\C/C=C\C/C=C\C/C=C\C/C=C\CCCCCC(=O)OCC(COP(=O)(O)OCC(O)COP(=O)(O)OCC(COC(=O)CCCCCC/C=C\C/C=C\C/C=C\C/C=C\CC)OC(=O)CCCCCCC/C=C\C/C=C\CCCCC)OC(=O)C/C=C\C/C=C\C/C=C\C/C=C\C/C=C\CC. The summed E-state index contributed by atoms with van der Waals surface area (Å²) >= 11 is 0. The molecule has 0 aliphatic rings. The summed E-state index contributed by atoms with van der Waals surface area (Å²) in [4.78, 5) is 73.0. The second kappa shape index (κ2) is 77.1. The van der Waals surface area contributed by atoms with E-state index in [1.54, 1.807) is 12.2 Å². The van der Waals surface area contributed by atoms with Crippen molar-refractivity contribution in [2.45, 2.75) is 290 Å². The number of carbonyl (C=O) groups is 4. The van der Waals surface area contributed by atoms with Crippen LogP contribution < -0.4 is 0 Å². The molecule has 3 N–H and O–H groups in total. The molecule has 0 bridgehead atoms. The summed E-state index contributed by atoms with van der Waals surface area (Å²) in [6, 6.07) is 0. The van der Waals surface area contributed by atoms with Gasteiger partial charge in [0, 0.05) is 19.3 Å². The van der Waals surface area contributed by atoms with Crippen LogP contribution in [0.2, 0.25) is 0 Å². The van der Waals surface area contributed by atoms with E-state index < -0.39 is 97.5 Å². The van der Waals surface area contributed by atoms with Gasteiger partial charge in [-0.05, 0) is 167 Å². The van der Waals surface area contributed by atoms with Crippen molar-refractivity contribution in [3.05, 3.63) is 194 Å². The Kier molecular flexibility index (Phi) is 72.6. The Hall–Kier alpha value is -6.10. The lowest BCUT2D eigenvalue weighted by atomic mass is 10.1. The van der Waals surface area contributed by atoms with Gasteiger partial charge in [-0.2, -0.15) is 0 Å². The molecule has 598 valence electrons. The summed E-state index contributed by atoms with van der Waals surface area (Å²) < 4.78 is 68.4. The van der Waals surface area contributed by atoms with E-state index in [-0.39, 0.29) is 25.7 Å². The molecule has 5 unspecified atom stereocenters. The van der Waals surface area contributed by atoms with E-state index >= 15 is 0 Å². The second-order valence-corrected chi connectivity index (χ2v) is 28.4. The van der Waals surface area contributed by atoms with Crippen LogP contribution in [0.5, 0.6) is 0 Å². The van der Waals surface area contributed by atoms with E-state index in [1.165, 1.54) is 19.3 Å². The summed E-state index contributed by atoms with van der Waals surface area (Å²) in [6.45, 7) is 4.28. The van der Waals surface area contributed by atoms with E-state index in [1.807, 2.05) is 12.2 Å². The van der Waals surface area contributed by atoms with Crippen LogP contribution in [0.25, 0.3) is 0 Å². The first-order valence-electron chi connectivity index (χ1n) is 39.7. The summed E-state index contributed by atoms with van der Waals surface area (Å²) in [5.41, 5.74) is 0. The van der Waals surface area contributed by atoms with Gasteiger partial charge in [-0.15, -0.1) is 0 Å². The van der Waals surface area contributed by atoms with Crippen molar-refractivity contribution in [1.29, 1.82) is 0 Å². The Morgan fingerprint density at radius 3 is 0.849 bits per heavy atom. The molecule has 0 spiro atoms. The average molecular weight is 1520 g/mol. The van der Waals surface area contributed by atoms with Crippen molar-refractivity contribution in [3.8, 4) is 0 Å². The van der Waals surface area contributed by atoms with Crippen molar-refractivity contribution in [2.75, 3.05) is 39.6 Å². The molecule has 0 heterocycles. The second-order valence-electron chi connectivity index (χ2n) is 25.5. The molecule has 0 amide bonds. The molecule has 0 radical (unpaired) electrons. The highest BCUT2D eigenvalue weighted by Gasteiger charge is 2.30. The Labute approximate surface area is 640 Å². The van der Waals surface area contributed by atoms with E-state index in [2.05, 4.69) is 198 Å². The molecule has 5 atom stereocenters. The van der Waals surface area contributed by atoms with Crippen LogP contribution in [0.1, 0.15) is 272 Å². The van der Waals surface area contributed by atoms with Gasteiger partial charge in [0.2, 0.25) is 0 Å². The summed E-state index contributed by atoms with van der Waals surface area (Å²) in [7, 11) is -10.0. The zero-order valence-electron chi connectivity index (χ0n) is 65.3. The minimum Gasteiger partial charge on any atom is -0.462 e. The van der Waals surface area contributed by atoms with Crippen molar-refractivity contribution >= 4 is 39.5 Å². The third-order valence-electron chi connectivity index (χ3n) is 15.6. The zero-order chi connectivity index (χ0) is 77.4. The van der Waals surface area contributed by atoms with Crippen LogP contribution in [0.15, 0.2) is 194 Å². The number of unbranched alkanes of at least 4 members (excludes halogenated alkanes) is 15. The van der Waals surface area contributed by atoms with E-state index in [0.717, 1.165) is 173 Å². The van der Waals surface area contributed by atoms with Gasteiger partial charge >= 0.3 is 39.5 Å². The van der Waals surface area contributed by atoms with Gasteiger partial charge in [0.05, 0.1) is 32.8 Å². The lowest BCUT2D eigenvalue weighted by molar-refractivity contribution is -0.161. The quantitative estimate of drug-likeness (QED) is 0.0169. The zero-order valence-corrected chi connectivity index (χ0v) is 67.1. The molecule has 0 aromatic carbocycles. The third kappa shape index (κ3) is 76.1. The van der Waals surface area contributed by atoms with Crippen LogP contribution in [0, 0.1) is 0 Å². The summed E-state index contributed by atoms with van der Waals surface area (Å²) in [5, 5.41) is 10.6. The highest BCUT2D eigenvalue weighted by Crippen LogP contribution is 2.45. The first-order valence-corrected chi connectivity index (χ1v) is 42.7. The lowest BCUT2D eigenvalue weighted by Gasteiger charge is -2.21. The highest BCUT2D eigenvalue weighted by atomic mass is 31.2. The number of phosphoric ester groups is 2. The maximum absolute atomic E-state index is 13.1. The van der Waals surface area contributed by atoms with Crippen molar-refractivity contribution in [1.82, 2.24) is 0 Å². The van der Waals surface area contributed by atoms with Gasteiger partial charge < -0.3 is 33.8 Å². The van der Waals surface area contributed by atoms with E-state index in [4.69, 9.17) is 37.0 Å². The van der Waals surface area contributed by atoms with Gasteiger partial charge in [-0.1, -0.05) is 273 Å². The molecule has 0 saturated carbocycles. The Balaban J connectivity index is 5.52. The summed E-state index contributed by atoms with van der Waals surface area (Å²) in [6.07, 6.45) is 94.4. The molecule has 19 heteroatoms. The molecule has 17 nitrogen and oxygen atoms in total. The van der Waals surface area contributed by atoms with Gasteiger partial charge in [-0.3, -0.25) is 37.3 Å². The molecule has 0 rings (SSSR count). The molecule has 0 fully saturated rings. The number of rotatable bonds is 72.